The molecule has 1 unspecified atom stereocenters. The van der Waals surface area contributed by atoms with Gasteiger partial charge in [0.05, 0.1) is 6.61 Å². The maximum Gasteiger partial charge on any atom is 0.246 e. The van der Waals surface area contributed by atoms with Gasteiger partial charge in [0.1, 0.15) is 10.7 Å². The second-order valence-corrected chi connectivity index (χ2v) is 7.34. The molecule has 0 spiro atoms. The van der Waals surface area contributed by atoms with E-state index < -0.39 is 15.8 Å². The van der Waals surface area contributed by atoms with Crippen LogP contribution < -0.4 is 0 Å². The molecule has 1 rings (SSSR count). The zero-order chi connectivity index (χ0) is 15.3. The van der Waals surface area contributed by atoms with Gasteiger partial charge in [-0.25, -0.2) is 12.8 Å². The smallest absolute Gasteiger partial charge is 0.246 e. The quantitative estimate of drug-likeness (QED) is 0.835. The number of hydrogen-bond acceptors (Lipinski definition) is 4. The van der Waals surface area contributed by atoms with Crippen LogP contribution in [0.4, 0.5) is 4.39 Å². The number of benzene rings is 1. The maximum absolute atomic E-state index is 13.8. The van der Waals surface area contributed by atoms with Crippen LogP contribution in [0, 0.1) is 5.82 Å². The molecule has 0 saturated carbocycles. The molecule has 4 nitrogen and oxygen atoms in total. The van der Waals surface area contributed by atoms with Crippen LogP contribution in [0.5, 0.6) is 0 Å². The number of sulfonamides is 1. The number of aliphatic hydroxyl groups is 1. The number of thioether (sulfide) groups is 1. The Bertz CT molecular complexity index is 549. The van der Waals surface area contributed by atoms with Crippen LogP contribution in [0.25, 0.3) is 0 Å². The van der Waals surface area contributed by atoms with Crippen molar-refractivity contribution in [3.63, 3.8) is 0 Å². The summed E-state index contributed by atoms with van der Waals surface area (Å²) < 4.78 is 40.0. The molecule has 114 valence electrons. The van der Waals surface area contributed by atoms with Crippen molar-refractivity contribution in [2.45, 2.75) is 30.9 Å². The summed E-state index contributed by atoms with van der Waals surface area (Å²) in [4.78, 5) is -0.383. The number of rotatable bonds is 7. The molecule has 1 atom stereocenters. The Morgan fingerprint density at radius 3 is 2.60 bits per heavy atom. The number of hydrogen-bond donors (Lipinski definition) is 1. The fraction of sp³-hybridized carbons (Fsp3) is 0.538. The lowest BCUT2D eigenvalue weighted by atomic mass is 10.2. The average Bonchev–Trinajstić information content (AvgIpc) is 2.44. The maximum atomic E-state index is 13.8. The first-order valence-electron chi connectivity index (χ1n) is 6.24. The van der Waals surface area contributed by atoms with Crippen molar-refractivity contribution in [3.05, 3.63) is 29.6 Å². The minimum Gasteiger partial charge on any atom is -0.392 e. The third-order valence-corrected chi connectivity index (χ3v) is 5.82. The Labute approximate surface area is 124 Å². The molecule has 0 fully saturated rings. The van der Waals surface area contributed by atoms with Gasteiger partial charge in [0.2, 0.25) is 10.0 Å². The Balaban J connectivity index is 3.21. The molecule has 7 heteroatoms. The molecular formula is C13H20FNO3S2. The minimum absolute atomic E-state index is 0.188. The summed E-state index contributed by atoms with van der Waals surface area (Å²) >= 11 is 1.55. The molecule has 0 aliphatic heterocycles. The van der Waals surface area contributed by atoms with Gasteiger partial charge in [-0.05, 0) is 30.4 Å². The van der Waals surface area contributed by atoms with Gasteiger partial charge in [0.15, 0.2) is 0 Å². The van der Waals surface area contributed by atoms with Gasteiger partial charge in [-0.1, -0.05) is 13.0 Å². The number of nitrogens with zero attached hydrogens (tertiary/aromatic N) is 1. The second-order valence-electron chi connectivity index (χ2n) is 4.46. The van der Waals surface area contributed by atoms with Crippen molar-refractivity contribution in [3.8, 4) is 0 Å². The predicted molar refractivity (Wildman–Crippen MR) is 79.7 cm³/mol. The summed E-state index contributed by atoms with van der Waals surface area (Å²) in [5.74, 6) is -0.152. The summed E-state index contributed by atoms with van der Waals surface area (Å²) in [6.45, 7) is 1.57. The van der Waals surface area contributed by atoms with E-state index in [4.69, 9.17) is 5.11 Å². The van der Waals surface area contributed by atoms with E-state index in [1.165, 1.54) is 23.5 Å². The van der Waals surface area contributed by atoms with Crippen LogP contribution in [0.2, 0.25) is 0 Å². The first kappa shape index (κ1) is 17.4. The summed E-state index contributed by atoms with van der Waals surface area (Å²) in [5, 5.41) is 9.06. The van der Waals surface area contributed by atoms with Crippen LogP contribution in [-0.2, 0) is 16.6 Å². The van der Waals surface area contributed by atoms with E-state index in [0.29, 0.717) is 17.7 Å². The van der Waals surface area contributed by atoms with Gasteiger partial charge in [-0.15, -0.1) is 0 Å². The third kappa shape index (κ3) is 3.72. The van der Waals surface area contributed by atoms with Crippen molar-refractivity contribution in [2.75, 3.05) is 19.1 Å². The molecule has 0 saturated heterocycles. The summed E-state index contributed by atoms with van der Waals surface area (Å²) in [6.07, 6.45) is 2.55. The Hall–Kier alpha value is -0.630. The van der Waals surface area contributed by atoms with Gasteiger partial charge in [-0.2, -0.15) is 16.1 Å². The fourth-order valence-corrected chi connectivity index (χ4v) is 4.35. The van der Waals surface area contributed by atoms with Crippen LogP contribution in [0.3, 0.4) is 0 Å². The molecule has 0 aliphatic rings. The van der Waals surface area contributed by atoms with E-state index in [1.54, 1.807) is 11.8 Å². The standard InChI is InChI=1S/C13H20FNO3S2/c1-4-11(9-19-3)15(2)20(17,18)13-7-10(8-16)5-6-12(13)14/h5-7,11,16H,4,8-9H2,1-3H3. The predicted octanol–water partition coefficient (Wildman–Crippen LogP) is 2.08. The van der Waals surface area contributed by atoms with E-state index in [-0.39, 0.29) is 17.5 Å². The van der Waals surface area contributed by atoms with Crippen molar-refractivity contribution < 1.29 is 17.9 Å². The zero-order valence-corrected chi connectivity index (χ0v) is 13.5. The van der Waals surface area contributed by atoms with Crippen molar-refractivity contribution in [1.29, 1.82) is 0 Å². The fourth-order valence-electron chi connectivity index (χ4n) is 1.87. The van der Waals surface area contributed by atoms with Gasteiger partial charge < -0.3 is 5.11 Å². The molecule has 0 radical (unpaired) electrons. The highest BCUT2D eigenvalue weighted by Crippen LogP contribution is 2.23. The molecule has 0 amide bonds. The minimum atomic E-state index is -3.90. The van der Waals surface area contributed by atoms with Crippen LogP contribution in [-0.4, -0.2) is 42.9 Å². The molecule has 20 heavy (non-hydrogen) atoms. The van der Waals surface area contributed by atoms with Crippen molar-refractivity contribution in [1.82, 2.24) is 4.31 Å². The van der Waals surface area contributed by atoms with E-state index in [1.807, 2.05) is 13.2 Å². The Morgan fingerprint density at radius 1 is 1.45 bits per heavy atom. The molecular weight excluding hydrogens is 301 g/mol. The van der Waals surface area contributed by atoms with Crippen molar-refractivity contribution >= 4 is 21.8 Å². The van der Waals surface area contributed by atoms with Crippen molar-refractivity contribution in [2.24, 2.45) is 0 Å². The van der Waals surface area contributed by atoms with Crippen LogP contribution in [0.1, 0.15) is 18.9 Å². The first-order chi connectivity index (χ1) is 9.38. The van der Waals surface area contributed by atoms with Crippen LogP contribution >= 0.6 is 11.8 Å². The topological polar surface area (TPSA) is 57.6 Å². The summed E-state index contributed by atoms with van der Waals surface area (Å²) in [6, 6.07) is 3.44. The normalized spacial score (nSPS) is 13.7. The molecule has 0 heterocycles. The SMILES string of the molecule is CCC(CSC)N(C)S(=O)(=O)c1cc(CO)ccc1F. The average molecular weight is 321 g/mol. The lowest BCUT2D eigenvalue weighted by Gasteiger charge is -2.26. The van der Waals surface area contributed by atoms with Gasteiger partial charge >= 0.3 is 0 Å². The third-order valence-electron chi connectivity index (χ3n) is 3.18. The largest absolute Gasteiger partial charge is 0.392 e. The van der Waals surface area contributed by atoms with Gasteiger partial charge in [-0.3, -0.25) is 0 Å². The zero-order valence-electron chi connectivity index (χ0n) is 11.8. The van der Waals surface area contributed by atoms with Crippen LogP contribution in [0.15, 0.2) is 23.1 Å². The lowest BCUT2D eigenvalue weighted by molar-refractivity contribution is 0.281. The van der Waals surface area contributed by atoms with Gasteiger partial charge in [0, 0.05) is 18.8 Å². The van der Waals surface area contributed by atoms with E-state index in [2.05, 4.69) is 0 Å². The Kier molecular flexibility index (Phi) is 6.44. The molecule has 1 aromatic rings. The molecule has 1 aromatic carbocycles. The molecule has 0 aromatic heterocycles. The molecule has 0 bridgehead atoms. The molecule has 1 N–H and O–H groups in total. The van der Waals surface area contributed by atoms with E-state index in [9.17, 15) is 12.8 Å². The highest BCUT2D eigenvalue weighted by molar-refractivity contribution is 7.98. The Morgan fingerprint density at radius 2 is 2.10 bits per heavy atom. The number of aliphatic hydroxyl groups excluding tert-OH is 1. The second kappa shape index (κ2) is 7.40. The van der Waals surface area contributed by atoms with E-state index in [0.717, 1.165) is 6.07 Å². The van der Waals surface area contributed by atoms with E-state index >= 15 is 0 Å². The first-order valence-corrected chi connectivity index (χ1v) is 9.08. The lowest BCUT2D eigenvalue weighted by Crippen LogP contribution is -2.38. The summed E-state index contributed by atoms with van der Waals surface area (Å²) in [5.41, 5.74) is 0.372. The van der Waals surface area contributed by atoms with Gasteiger partial charge in [0.25, 0.3) is 0 Å². The highest BCUT2D eigenvalue weighted by Gasteiger charge is 2.29. The summed E-state index contributed by atoms with van der Waals surface area (Å²) in [7, 11) is -2.44. The number of halogens is 1. The molecule has 0 aliphatic carbocycles. The highest BCUT2D eigenvalue weighted by atomic mass is 32.2. The monoisotopic (exact) mass is 321 g/mol.